The van der Waals surface area contributed by atoms with Crippen LogP contribution < -0.4 is 4.57 Å². The van der Waals surface area contributed by atoms with Crippen LogP contribution in [0.4, 0.5) is 0 Å². The summed E-state index contributed by atoms with van der Waals surface area (Å²) >= 11 is 1.91. The number of fused-ring (bicyclic) bond motifs is 3. The summed E-state index contributed by atoms with van der Waals surface area (Å²) in [7, 11) is 0. The van der Waals surface area contributed by atoms with E-state index in [0.29, 0.717) is 0 Å². The summed E-state index contributed by atoms with van der Waals surface area (Å²) in [6.45, 7) is 16.4. The van der Waals surface area contributed by atoms with Gasteiger partial charge in [0.25, 0.3) is 6.33 Å². The van der Waals surface area contributed by atoms with E-state index in [9.17, 15) is 0 Å². The van der Waals surface area contributed by atoms with Crippen LogP contribution in [0, 0.1) is 6.33 Å². The Morgan fingerprint density at radius 2 is 1.50 bits per heavy atom. The molecule has 0 saturated carbocycles. The van der Waals surface area contributed by atoms with Crippen molar-refractivity contribution in [1.29, 1.82) is 0 Å². The Bertz CT molecular complexity index is 1450. The Kier molecular flexibility index (Phi) is 4.53. The SMILES string of the molecule is CC(C)(C)c1ccc(-n2[c-][n+]3c4c(cccc42)Sc2cc4c(cc2-3)C(C)(C)CCC4(C)C)cc1. The third-order valence-corrected chi connectivity index (χ3v) is 9.12. The molecule has 0 saturated heterocycles. The Morgan fingerprint density at radius 3 is 2.15 bits per heavy atom. The minimum atomic E-state index is 0.145. The fourth-order valence-electron chi connectivity index (χ4n) is 5.64. The largest absolute Gasteiger partial charge is 0.292 e. The van der Waals surface area contributed by atoms with Crippen LogP contribution >= 0.6 is 11.8 Å². The van der Waals surface area contributed by atoms with E-state index in [0.717, 1.165) is 5.69 Å². The molecular weight excluding hydrogens is 432 g/mol. The first-order chi connectivity index (χ1) is 16.0. The highest BCUT2D eigenvalue weighted by Gasteiger charge is 2.38. The molecule has 2 aliphatic rings. The first-order valence-electron chi connectivity index (χ1n) is 12.4. The van der Waals surface area contributed by atoms with Crippen LogP contribution in [-0.2, 0) is 16.2 Å². The zero-order valence-corrected chi connectivity index (χ0v) is 22.2. The quantitative estimate of drug-likeness (QED) is 0.181. The molecule has 1 aliphatic heterocycles. The van der Waals surface area contributed by atoms with E-state index in [4.69, 9.17) is 0 Å². The van der Waals surface area contributed by atoms with Crippen molar-refractivity contribution >= 4 is 22.8 Å². The summed E-state index contributed by atoms with van der Waals surface area (Å²) in [6.07, 6.45) is 6.19. The van der Waals surface area contributed by atoms with Gasteiger partial charge in [0.1, 0.15) is 0 Å². The number of rotatable bonds is 1. The van der Waals surface area contributed by atoms with Crippen molar-refractivity contribution in [2.75, 3.05) is 0 Å². The second-order valence-electron chi connectivity index (χ2n) is 12.4. The number of nitrogens with zero attached hydrogens (tertiary/aromatic N) is 2. The van der Waals surface area contributed by atoms with E-state index in [2.05, 4.69) is 119 Å². The van der Waals surface area contributed by atoms with Crippen LogP contribution in [0.1, 0.15) is 78.0 Å². The summed E-state index contributed by atoms with van der Waals surface area (Å²) in [4.78, 5) is 2.64. The van der Waals surface area contributed by atoms with Gasteiger partial charge in [-0.3, -0.25) is 9.13 Å². The highest BCUT2D eigenvalue weighted by molar-refractivity contribution is 7.99. The molecule has 0 N–H and O–H groups in total. The second kappa shape index (κ2) is 7.01. The number of hydrogen-bond donors (Lipinski definition) is 0. The highest BCUT2D eigenvalue weighted by atomic mass is 32.2. The normalized spacial score (nSPS) is 18.0. The number of aromatic nitrogens is 2. The summed E-state index contributed by atoms with van der Waals surface area (Å²) in [5.74, 6) is 0. The van der Waals surface area contributed by atoms with Crippen LogP contribution in [-0.4, -0.2) is 4.57 Å². The first-order valence-corrected chi connectivity index (χ1v) is 13.2. The van der Waals surface area contributed by atoms with E-state index < -0.39 is 0 Å². The van der Waals surface area contributed by atoms with E-state index in [1.54, 1.807) is 0 Å². The Morgan fingerprint density at radius 1 is 0.853 bits per heavy atom. The maximum atomic E-state index is 3.74. The molecular formula is C31H34N2S. The van der Waals surface area contributed by atoms with E-state index in [1.807, 2.05) is 11.8 Å². The molecule has 2 heterocycles. The summed E-state index contributed by atoms with van der Waals surface area (Å²) < 4.78 is 4.54. The Balaban J connectivity index is 1.57. The summed E-state index contributed by atoms with van der Waals surface area (Å²) in [5, 5.41) is 0. The monoisotopic (exact) mass is 466 g/mol. The highest BCUT2D eigenvalue weighted by Crippen LogP contribution is 2.49. The predicted octanol–water partition coefficient (Wildman–Crippen LogP) is 7.82. The van der Waals surface area contributed by atoms with Crippen molar-refractivity contribution in [2.45, 2.75) is 87.3 Å². The molecule has 0 fully saturated rings. The fraction of sp³-hybridized carbons (Fsp3) is 0.387. The maximum absolute atomic E-state index is 3.74. The van der Waals surface area contributed by atoms with Crippen molar-refractivity contribution in [2.24, 2.45) is 0 Å². The van der Waals surface area contributed by atoms with Gasteiger partial charge in [-0.25, -0.2) is 0 Å². The average molecular weight is 467 g/mol. The summed E-state index contributed by atoms with van der Waals surface area (Å²) in [6, 6.07) is 20.6. The molecule has 2 nitrogen and oxygen atoms in total. The molecule has 34 heavy (non-hydrogen) atoms. The molecule has 1 aromatic heterocycles. The first kappa shape index (κ1) is 22.0. The Hall–Kier alpha value is -2.52. The zero-order chi connectivity index (χ0) is 24.0. The lowest BCUT2D eigenvalue weighted by Crippen LogP contribution is -2.37. The zero-order valence-electron chi connectivity index (χ0n) is 21.4. The van der Waals surface area contributed by atoms with E-state index >= 15 is 0 Å². The van der Waals surface area contributed by atoms with Crippen LogP contribution in [0.2, 0.25) is 0 Å². The van der Waals surface area contributed by atoms with Crippen LogP contribution in [0.15, 0.2) is 64.4 Å². The second-order valence-corrected chi connectivity index (χ2v) is 13.5. The number of benzene rings is 3. The molecule has 0 bridgehead atoms. The minimum Gasteiger partial charge on any atom is -0.292 e. The number of para-hydroxylation sites is 1. The van der Waals surface area contributed by atoms with Crippen molar-refractivity contribution < 1.29 is 4.57 Å². The number of hydrogen-bond acceptors (Lipinski definition) is 1. The number of imidazole rings is 1. The molecule has 0 amide bonds. The molecule has 3 aromatic carbocycles. The van der Waals surface area contributed by atoms with Crippen molar-refractivity contribution in [3.8, 4) is 11.4 Å². The van der Waals surface area contributed by atoms with Gasteiger partial charge < -0.3 is 0 Å². The molecule has 0 radical (unpaired) electrons. The topological polar surface area (TPSA) is 8.81 Å². The smallest absolute Gasteiger partial charge is 0.269 e. The van der Waals surface area contributed by atoms with Gasteiger partial charge in [-0.05, 0) is 70.0 Å². The minimum absolute atomic E-state index is 0.145. The van der Waals surface area contributed by atoms with Gasteiger partial charge in [-0.1, -0.05) is 90.6 Å². The van der Waals surface area contributed by atoms with Crippen LogP contribution in [0.25, 0.3) is 22.4 Å². The summed E-state index contributed by atoms with van der Waals surface area (Å²) in [5.41, 5.74) is 9.79. The average Bonchev–Trinajstić information content (AvgIpc) is 3.17. The molecule has 0 spiro atoms. The van der Waals surface area contributed by atoms with Gasteiger partial charge in [-0.2, -0.15) is 0 Å². The van der Waals surface area contributed by atoms with Gasteiger partial charge >= 0.3 is 0 Å². The van der Waals surface area contributed by atoms with Crippen molar-refractivity contribution in [3.63, 3.8) is 0 Å². The van der Waals surface area contributed by atoms with Crippen molar-refractivity contribution in [1.82, 2.24) is 4.57 Å². The lowest BCUT2D eigenvalue weighted by molar-refractivity contribution is -0.577. The predicted molar refractivity (Wildman–Crippen MR) is 142 cm³/mol. The third kappa shape index (κ3) is 3.20. The van der Waals surface area contributed by atoms with Crippen LogP contribution in [0.5, 0.6) is 0 Å². The molecule has 6 rings (SSSR count). The molecule has 0 unspecified atom stereocenters. The fourth-order valence-corrected chi connectivity index (χ4v) is 6.75. The van der Waals surface area contributed by atoms with Gasteiger partial charge in [0.05, 0.1) is 22.4 Å². The molecule has 3 heteroatoms. The molecule has 0 atom stereocenters. The molecule has 174 valence electrons. The van der Waals surface area contributed by atoms with E-state index in [1.165, 1.54) is 56.0 Å². The van der Waals surface area contributed by atoms with Gasteiger partial charge in [0.2, 0.25) is 0 Å². The van der Waals surface area contributed by atoms with Crippen molar-refractivity contribution in [3.05, 3.63) is 77.6 Å². The lowest BCUT2D eigenvalue weighted by Gasteiger charge is -2.42. The van der Waals surface area contributed by atoms with Gasteiger partial charge in [-0.15, -0.1) is 0 Å². The standard InChI is InChI=1S/C31H34N2S/c1-29(2,3)20-11-13-21(14-12-20)32-19-33-25-17-22-23(31(6,7)16-15-30(22,4)5)18-27(25)34-26-10-8-9-24(32)28(26)33/h8-14,17-18H,15-16H2,1-7H3. The van der Waals surface area contributed by atoms with E-state index in [-0.39, 0.29) is 16.2 Å². The van der Waals surface area contributed by atoms with Gasteiger partial charge in [0, 0.05) is 9.79 Å². The molecule has 4 aromatic rings. The van der Waals surface area contributed by atoms with Crippen LogP contribution in [0.3, 0.4) is 0 Å². The Labute approximate surface area is 208 Å². The maximum Gasteiger partial charge on any atom is 0.269 e. The lowest BCUT2D eigenvalue weighted by atomic mass is 9.63. The molecule has 1 aliphatic carbocycles. The van der Waals surface area contributed by atoms with Gasteiger partial charge in [0.15, 0.2) is 0 Å². The third-order valence-electron chi connectivity index (χ3n) is 8.03.